The molecule has 0 aliphatic carbocycles. The Labute approximate surface area is 369 Å². The predicted octanol–water partition coefficient (Wildman–Crippen LogP) is 0.0537. The third kappa shape index (κ3) is 12.8. The lowest BCUT2D eigenvalue weighted by molar-refractivity contribution is -0.406. The summed E-state index contributed by atoms with van der Waals surface area (Å²) < 4.78 is 61.8. The highest BCUT2D eigenvalue weighted by molar-refractivity contribution is 5.73. The zero-order chi connectivity index (χ0) is 46.4. The van der Waals surface area contributed by atoms with Crippen LogP contribution in [0.15, 0.2) is 0 Å². The lowest BCUT2D eigenvalue weighted by Crippen LogP contribution is -2.68. The van der Waals surface area contributed by atoms with E-state index in [4.69, 9.17) is 47.4 Å². The summed E-state index contributed by atoms with van der Waals surface area (Å²) in [5.74, 6) is -2.68. The zero-order valence-electron chi connectivity index (χ0n) is 37.7. The van der Waals surface area contributed by atoms with Crippen molar-refractivity contribution in [2.45, 2.75) is 248 Å². The second-order valence-corrected chi connectivity index (χ2v) is 18.4. The minimum atomic E-state index is -1.87. The van der Waals surface area contributed by atoms with Gasteiger partial charge in [0.15, 0.2) is 37.4 Å². The van der Waals surface area contributed by atoms with Gasteiger partial charge in [0, 0.05) is 6.42 Å². The molecule has 8 N–H and O–H groups in total. The maximum absolute atomic E-state index is 13.6. The number of fused-ring (bicyclic) bond motifs is 4. The quantitative estimate of drug-likeness (QED) is 0.164. The first-order valence-corrected chi connectivity index (χ1v) is 22.8. The van der Waals surface area contributed by atoms with E-state index in [9.17, 15) is 50.4 Å². The Kier molecular flexibility index (Phi) is 19.4. The number of esters is 2. The minimum Gasteiger partial charge on any atom is -0.455 e. The highest BCUT2D eigenvalue weighted by Crippen LogP contribution is 2.38. The van der Waals surface area contributed by atoms with E-state index in [2.05, 4.69) is 0 Å². The van der Waals surface area contributed by atoms with E-state index in [1.807, 2.05) is 13.8 Å². The summed E-state index contributed by atoms with van der Waals surface area (Å²) in [4.78, 5) is 26.9. The lowest BCUT2D eigenvalue weighted by Gasteiger charge is -2.50. The maximum Gasteiger partial charge on any atom is 0.311 e. The molecule has 5 aliphatic heterocycles. The molecule has 5 aliphatic rings. The third-order valence-electron chi connectivity index (χ3n) is 13.0. The van der Waals surface area contributed by atoms with Crippen LogP contribution in [-0.2, 0) is 57.0 Å². The van der Waals surface area contributed by atoms with Crippen molar-refractivity contribution in [2.24, 2.45) is 11.8 Å². The molecule has 23 atom stereocenters. The minimum absolute atomic E-state index is 0.00483. The molecular weight excluding hydrogens is 836 g/mol. The summed E-state index contributed by atoms with van der Waals surface area (Å²) in [6, 6.07) is 0. The maximum atomic E-state index is 13.6. The van der Waals surface area contributed by atoms with Crippen molar-refractivity contribution in [1.82, 2.24) is 0 Å². The van der Waals surface area contributed by atoms with Gasteiger partial charge in [-0.05, 0) is 60.3 Å². The van der Waals surface area contributed by atoms with Crippen molar-refractivity contribution in [3.63, 3.8) is 0 Å². The number of rotatable bonds is 6. The fourth-order valence-corrected chi connectivity index (χ4v) is 8.48. The molecule has 63 heavy (non-hydrogen) atoms. The number of carbonyl (C=O) groups is 2. The van der Waals surface area contributed by atoms with E-state index >= 15 is 0 Å². The van der Waals surface area contributed by atoms with Crippen LogP contribution in [0.3, 0.4) is 0 Å². The summed E-state index contributed by atoms with van der Waals surface area (Å²) in [6.45, 7) is 12.7. The van der Waals surface area contributed by atoms with E-state index in [1.54, 1.807) is 6.92 Å². The molecule has 5 rings (SSSR count). The van der Waals surface area contributed by atoms with Gasteiger partial charge >= 0.3 is 11.9 Å². The van der Waals surface area contributed by atoms with Crippen LogP contribution >= 0.6 is 0 Å². The Morgan fingerprint density at radius 3 is 1.71 bits per heavy atom. The highest BCUT2D eigenvalue weighted by atomic mass is 16.8. The SMILES string of the molecule is CC(C)C1CCCCCCCCCC(=O)OC2C(OC(C)C(O)C2OC(=O)C(C)C(C)O)OC2C(O)C(C)OC(OC3C(OC(C)C(O)C3O)O1)C2OC1OC(C)C(O)C(O)C1O. The zero-order valence-corrected chi connectivity index (χ0v) is 37.7. The predicted molar refractivity (Wildman–Crippen MR) is 216 cm³/mol. The number of aliphatic hydroxyl groups excluding tert-OH is 8. The van der Waals surface area contributed by atoms with E-state index in [1.165, 1.54) is 34.6 Å². The van der Waals surface area contributed by atoms with Crippen LogP contribution in [0.1, 0.15) is 113 Å². The summed E-state index contributed by atoms with van der Waals surface area (Å²) >= 11 is 0. The van der Waals surface area contributed by atoms with Crippen molar-refractivity contribution in [1.29, 1.82) is 0 Å². The molecule has 5 saturated heterocycles. The van der Waals surface area contributed by atoms with E-state index in [0.717, 1.165) is 38.5 Å². The van der Waals surface area contributed by atoms with Crippen LogP contribution in [0.2, 0.25) is 0 Å². The van der Waals surface area contributed by atoms with E-state index in [0.29, 0.717) is 12.8 Å². The van der Waals surface area contributed by atoms with Crippen LogP contribution < -0.4 is 0 Å². The summed E-state index contributed by atoms with van der Waals surface area (Å²) in [5, 5.41) is 88.5. The summed E-state index contributed by atoms with van der Waals surface area (Å²) in [5.41, 5.74) is 0. The molecular formula is C43H74O20. The monoisotopic (exact) mass is 910 g/mol. The van der Waals surface area contributed by atoms with Gasteiger partial charge < -0.3 is 88.2 Å². The average molecular weight is 911 g/mol. The van der Waals surface area contributed by atoms with Crippen LogP contribution in [-0.4, -0.2) is 188 Å². The number of ether oxygens (including phenoxy) is 10. The highest BCUT2D eigenvalue weighted by Gasteiger charge is 2.57. The fraction of sp³-hybridized carbons (Fsp3) is 0.953. The van der Waals surface area contributed by atoms with Crippen LogP contribution in [0.5, 0.6) is 0 Å². The molecule has 0 amide bonds. The third-order valence-corrected chi connectivity index (χ3v) is 13.0. The van der Waals surface area contributed by atoms with Crippen molar-refractivity contribution in [3.05, 3.63) is 0 Å². The van der Waals surface area contributed by atoms with Crippen molar-refractivity contribution in [3.8, 4) is 0 Å². The number of aliphatic hydroxyl groups is 8. The summed E-state index contributed by atoms with van der Waals surface area (Å²) in [7, 11) is 0. The molecule has 0 aromatic heterocycles. The Morgan fingerprint density at radius 2 is 1.08 bits per heavy atom. The standard InChI is InChI=1S/C43H74O20/c1-18(2)25-16-14-12-10-9-11-13-15-17-26(45)59-37-34(60-39(53)19(3)20(4)44)29(48)23(7)56-42(37)61-35-30(49)24(8)57-43(62-36-32(51)28(47)22(6)55-41(36)58-25)38(35)63-40-33(52)31(50)27(46)21(5)54-40/h18-25,27-38,40-44,46-52H,9-17H2,1-8H3. The van der Waals surface area contributed by atoms with Gasteiger partial charge in [0.2, 0.25) is 0 Å². The van der Waals surface area contributed by atoms with Crippen LogP contribution in [0.4, 0.5) is 0 Å². The molecule has 0 aromatic carbocycles. The number of hydrogen-bond donors (Lipinski definition) is 8. The molecule has 5 heterocycles. The molecule has 0 aromatic rings. The average Bonchev–Trinajstić information content (AvgIpc) is 3.23. The summed E-state index contributed by atoms with van der Waals surface area (Å²) in [6.07, 6.45) is -25.4. The molecule has 20 nitrogen and oxygen atoms in total. The van der Waals surface area contributed by atoms with Gasteiger partial charge in [0.1, 0.15) is 61.0 Å². The molecule has 23 unspecified atom stereocenters. The van der Waals surface area contributed by atoms with Gasteiger partial charge in [0.25, 0.3) is 0 Å². The van der Waals surface area contributed by atoms with Gasteiger partial charge in [-0.15, -0.1) is 0 Å². The van der Waals surface area contributed by atoms with Gasteiger partial charge in [-0.3, -0.25) is 9.59 Å². The Hall–Kier alpha value is -1.70. The Bertz CT molecular complexity index is 1420. The Balaban J connectivity index is 1.59. The molecule has 2 bridgehead atoms. The first-order valence-electron chi connectivity index (χ1n) is 22.8. The van der Waals surface area contributed by atoms with E-state index in [-0.39, 0.29) is 18.4 Å². The van der Waals surface area contributed by atoms with Crippen LogP contribution in [0, 0.1) is 11.8 Å². The lowest BCUT2D eigenvalue weighted by atomic mass is 9.95. The first kappa shape index (κ1) is 52.3. The second kappa shape index (κ2) is 23.3. The smallest absolute Gasteiger partial charge is 0.311 e. The molecule has 0 spiro atoms. The van der Waals surface area contributed by atoms with E-state index < -0.39 is 147 Å². The molecule has 5 fully saturated rings. The van der Waals surface area contributed by atoms with Crippen molar-refractivity contribution >= 4 is 11.9 Å². The van der Waals surface area contributed by atoms with Gasteiger partial charge in [-0.1, -0.05) is 52.4 Å². The topological polar surface area (TPSA) is 288 Å². The fourth-order valence-electron chi connectivity index (χ4n) is 8.48. The van der Waals surface area contributed by atoms with Gasteiger partial charge in [-0.2, -0.15) is 0 Å². The molecule has 366 valence electrons. The van der Waals surface area contributed by atoms with Crippen molar-refractivity contribution in [2.75, 3.05) is 0 Å². The molecule has 20 heteroatoms. The van der Waals surface area contributed by atoms with Gasteiger partial charge in [0.05, 0.1) is 42.5 Å². The van der Waals surface area contributed by atoms with Gasteiger partial charge in [-0.25, -0.2) is 0 Å². The first-order chi connectivity index (χ1) is 29.7. The van der Waals surface area contributed by atoms with Crippen molar-refractivity contribution < 1.29 is 97.8 Å². The largest absolute Gasteiger partial charge is 0.455 e. The van der Waals surface area contributed by atoms with Crippen LogP contribution in [0.25, 0.3) is 0 Å². The molecule has 0 radical (unpaired) electrons. The second-order valence-electron chi connectivity index (χ2n) is 18.4. The Morgan fingerprint density at radius 1 is 0.556 bits per heavy atom. The number of carbonyl (C=O) groups excluding carboxylic acids is 2. The normalized spacial score (nSPS) is 46.5. The molecule has 0 saturated carbocycles. The number of hydrogen-bond acceptors (Lipinski definition) is 20.